The van der Waals surface area contributed by atoms with Crippen molar-refractivity contribution in [2.24, 2.45) is 0 Å². The number of hydrogen-bond acceptors (Lipinski definition) is 3. The van der Waals surface area contributed by atoms with Gasteiger partial charge in [0.2, 0.25) is 0 Å². The predicted molar refractivity (Wildman–Crippen MR) is 73.3 cm³/mol. The molecule has 0 radical (unpaired) electrons. The van der Waals surface area contributed by atoms with E-state index in [1.165, 1.54) is 9.75 Å². The number of rotatable bonds is 3. The van der Waals surface area contributed by atoms with Gasteiger partial charge in [0, 0.05) is 20.4 Å². The summed E-state index contributed by atoms with van der Waals surface area (Å²) in [6.07, 6.45) is 1.73. The van der Waals surface area contributed by atoms with Gasteiger partial charge in [-0.3, -0.25) is 0 Å². The third-order valence-corrected chi connectivity index (χ3v) is 3.76. The minimum absolute atomic E-state index is 0.627. The molecule has 2 aromatic rings. The van der Waals surface area contributed by atoms with Crippen molar-refractivity contribution < 1.29 is 0 Å². The molecule has 84 valence electrons. The Kier molecular flexibility index (Phi) is 3.84. The summed E-state index contributed by atoms with van der Waals surface area (Å²) in [4.78, 5) is 6.80. The first-order valence-electron chi connectivity index (χ1n) is 4.75. The number of aromatic nitrogens is 1. The molecule has 2 nitrogen and oxygen atoms in total. The molecule has 2 rings (SSSR count). The van der Waals surface area contributed by atoms with Gasteiger partial charge in [-0.2, -0.15) is 0 Å². The first kappa shape index (κ1) is 11.9. The van der Waals surface area contributed by atoms with Gasteiger partial charge in [-0.25, -0.2) is 4.98 Å². The number of thiophene rings is 1. The van der Waals surface area contributed by atoms with Gasteiger partial charge in [0.1, 0.15) is 5.82 Å². The SMILES string of the molecule is Cc1ccc(CNc2ncc(Br)cc2Cl)s1. The summed E-state index contributed by atoms with van der Waals surface area (Å²) < 4.78 is 0.884. The molecular formula is C11H10BrClN2S. The molecule has 0 saturated heterocycles. The van der Waals surface area contributed by atoms with Crippen molar-refractivity contribution in [3.05, 3.63) is 43.6 Å². The van der Waals surface area contributed by atoms with Crippen molar-refractivity contribution in [2.45, 2.75) is 13.5 Å². The highest BCUT2D eigenvalue weighted by Gasteiger charge is 2.03. The van der Waals surface area contributed by atoms with E-state index >= 15 is 0 Å². The lowest BCUT2D eigenvalue weighted by molar-refractivity contribution is 1.14. The summed E-state index contributed by atoms with van der Waals surface area (Å²) in [5.74, 6) is 0.718. The molecule has 5 heteroatoms. The van der Waals surface area contributed by atoms with Crippen molar-refractivity contribution in [1.82, 2.24) is 4.98 Å². The molecule has 2 heterocycles. The Balaban J connectivity index is 2.04. The van der Waals surface area contributed by atoms with Crippen LogP contribution in [0.15, 0.2) is 28.9 Å². The van der Waals surface area contributed by atoms with E-state index in [1.54, 1.807) is 17.5 Å². The molecule has 0 aromatic carbocycles. The molecule has 0 fully saturated rings. The van der Waals surface area contributed by atoms with Crippen LogP contribution in [0.3, 0.4) is 0 Å². The number of nitrogens with zero attached hydrogens (tertiary/aromatic N) is 1. The van der Waals surface area contributed by atoms with E-state index in [2.05, 4.69) is 45.3 Å². The minimum Gasteiger partial charge on any atom is -0.364 e. The molecule has 0 saturated carbocycles. The zero-order valence-corrected chi connectivity index (χ0v) is 11.8. The Hall–Kier alpha value is -0.580. The quantitative estimate of drug-likeness (QED) is 0.903. The predicted octanol–water partition coefficient (Wildman–Crippen LogP) is 4.48. The normalized spacial score (nSPS) is 10.4. The van der Waals surface area contributed by atoms with E-state index in [1.807, 2.05) is 6.07 Å². The summed E-state index contributed by atoms with van der Waals surface area (Å²) in [6, 6.07) is 6.05. The summed E-state index contributed by atoms with van der Waals surface area (Å²) in [5, 5.41) is 3.84. The zero-order chi connectivity index (χ0) is 11.5. The van der Waals surface area contributed by atoms with Crippen LogP contribution in [0, 0.1) is 6.92 Å². The summed E-state index contributed by atoms with van der Waals surface area (Å²) >= 11 is 11.1. The second-order valence-corrected chi connectivity index (χ2v) is 6.05. The molecule has 0 aliphatic heterocycles. The molecule has 0 spiro atoms. The fourth-order valence-corrected chi connectivity index (χ4v) is 2.82. The van der Waals surface area contributed by atoms with Gasteiger partial charge in [0.05, 0.1) is 11.6 Å². The number of anilines is 1. The molecule has 0 unspecified atom stereocenters. The van der Waals surface area contributed by atoms with Crippen LogP contribution in [0.1, 0.15) is 9.75 Å². The summed E-state index contributed by atoms with van der Waals surface area (Å²) in [5.41, 5.74) is 0. The van der Waals surface area contributed by atoms with Crippen molar-refractivity contribution in [2.75, 3.05) is 5.32 Å². The van der Waals surface area contributed by atoms with Crippen molar-refractivity contribution in [3.63, 3.8) is 0 Å². The van der Waals surface area contributed by atoms with Crippen LogP contribution in [0.4, 0.5) is 5.82 Å². The maximum Gasteiger partial charge on any atom is 0.145 e. The maximum absolute atomic E-state index is 6.05. The molecule has 2 aromatic heterocycles. The number of hydrogen-bond donors (Lipinski definition) is 1. The van der Waals surface area contributed by atoms with Gasteiger partial charge in [0.25, 0.3) is 0 Å². The third kappa shape index (κ3) is 2.97. The van der Waals surface area contributed by atoms with Gasteiger partial charge in [0.15, 0.2) is 0 Å². The van der Waals surface area contributed by atoms with Gasteiger partial charge < -0.3 is 5.32 Å². The fraction of sp³-hybridized carbons (Fsp3) is 0.182. The average molecular weight is 318 g/mol. The van der Waals surface area contributed by atoms with Crippen LogP contribution < -0.4 is 5.32 Å². The molecular weight excluding hydrogens is 308 g/mol. The first-order chi connectivity index (χ1) is 7.65. The number of pyridine rings is 1. The third-order valence-electron chi connectivity index (χ3n) is 2.03. The van der Waals surface area contributed by atoms with Crippen molar-refractivity contribution >= 4 is 44.7 Å². The molecule has 0 aliphatic rings. The summed E-state index contributed by atoms with van der Waals surface area (Å²) in [6.45, 7) is 2.85. The van der Waals surface area contributed by atoms with Crippen LogP contribution in [-0.2, 0) is 6.54 Å². The molecule has 1 N–H and O–H groups in total. The molecule has 0 bridgehead atoms. The first-order valence-corrected chi connectivity index (χ1v) is 6.74. The van der Waals surface area contributed by atoms with Crippen LogP contribution in [0.25, 0.3) is 0 Å². The molecule has 0 aliphatic carbocycles. The van der Waals surface area contributed by atoms with Crippen LogP contribution in [-0.4, -0.2) is 4.98 Å². The zero-order valence-electron chi connectivity index (χ0n) is 8.63. The van der Waals surface area contributed by atoms with Crippen LogP contribution in [0.2, 0.25) is 5.02 Å². The smallest absolute Gasteiger partial charge is 0.145 e. The van der Waals surface area contributed by atoms with E-state index in [0.29, 0.717) is 5.02 Å². The van der Waals surface area contributed by atoms with Gasteiger partial charge >= 0.3 is 0 Å². The van der Waals surface area contributed by atoms with E-state index < -0.39 is 0 Å². The van der Waals surface area contributed by atoms with Gasteiger partial charge in [-0.15, -0.1) is 11.3 Å². The highest BCUT2D eigenvalue weighted by Crippen LogP contribution is 2.24. The van der Waals surface area contributed by atoms with Gasteiger partial charge in [-0.1, -0.05) is 11.6 Å². The van der Waals surface area contributed by atoms with E-state index in [9.17, 15) is 0 Å². The van der Waals surface area contributed by atoms with Crippen LogP contribution in [0.5, 0.6) is 0 Å². The average Bonchev–Trinajstić information content (AvgIpc) is 2.63. The lowest BCUT2D eigenvalue weighted by atomic mass is 10.4. The molecule has 0 amide bonds. The summed E-state index contributed by atoms with van der Waals surface area (Å²) in [7, 11) is 0. The van der Waals surface area contributed by atoms with E-state index in [4.69, 9.17) is 11.6 Å². The van der Waals surface area contributed by atoms with Crippen molar-refractivity contribution in [1.29, 1.82) is 0 Å². The Morgan fingerprint density at radius 1 is 1.50 bits per heavy atom. The Morgan fingerprint density at radius 3 is 2.94 bits per heavy atom. The highest BCUT2D eigenvalue weighted by atomic mass is 79.9. The molecule has 16 heavy (non-hydrogen) atoms. The lowest BCUT2D eigenvalue weighted by Gasteiger charge is -2.05. The fourth-order valence-electron chi connectivity index (χ4n) is 1.30. The molecule has 0 atom stereocenters. The number of aryl methyl sites for hydroxylation is 1. The largest absolute Gasteiger partial charge is 0.364 e. The Labute approximate surface area is 112 Å². The monoisotopic (exact) mass is 316 g/mol. The number of halogens is 2. The standard InChI is InChI=1S/C11H10BrClN2S/c1-7-2-3-9(16-7)6-15-11-10(13)4-8(12)5-14-11/h2-5H,6H2,1H3,(H,14,15). The number of nitrogens with one attached hydrogen (secondary N) is 1. The Morgan fingerprint density at radius 2 is 2.31 bits per heavy atom. The van der Waals surface area contributed by atoms with E-state index in [0.717, 1.165) is 16.8 Å². The van der Waals surface area contributed by atoms with Crippen molar-refractivity contribution in [3.8, 4) is 0 Å². The second-order valence-electron chi connectivity index (χ2n) is 3.35. The van der Waals surface area contributed by atoms with Gasteiger partial charge in [-0.05, 0) is 41.1 Å². The lowest BCUT2D eigenvalue weighted by Crippen LogP contribution is -2.00. The maximum atomic E-state index is 6.05. The Bertz CT molecular complexity index is 498. The topological polar surface area (TPSA) is 24.9 Å². The highest BCUT2D eigenvalue weighted by molar-refractivity contribution is 9.10. The minimum atomic E-state index is 0.627. The van der Waals surface area contributed by atoms with E-state index in [-0.39, 0.29) is 0 Å². The second kappa shape index (κ2) is 5.17. The van der Waals surface area contributed by atoms with Crippen LogP contribution >= 0.6 is 38.9 Å².